The van der Waals surface area contributed by atoms with Crippen molar-refractivity contribution >= 4 is 17.4 Å². The molecule has 3 heterocycles. The molecule has 0 spiro atoms. The van der Waals surface area contributed by atoms with Gasteiger partial charge in [0.1, 0.15) is 11.6 Å². The van der Waals surface area contributed by atoms with Crippen LogP contribution in [0, 0.1) is 13.8 Å². The Kier molecular flexibility index (Phi) is 11.2. The number of piperidine rings is 1. The molecule has 266 valence electrons. The summed E-state index contributed by atoms with van der Waals surface area (Å²) >= 11 is 0. The van der Waals surface area contributed by atoms with Gasteiger partial charge in [0.2, 0.25) is 0 Å². The summed E-state index contributed by atoms with van der Waals surface area (Å²) in [6, 6.07) is 16.6. The lowest BCUT2D eigenvalue weighted by molar-refractivity contribution is -0.164. The SMILES string of the molecule is C=CCOC1(C)CCN(c2c([C@H](OC(C)(C)C)C(=O)OC)c(C)nc3cc(-c4cccc(-c5cc(C)ccc5O[C@@H](C)CC=C)c4)nn23)CC1. The Morgan fingerprint density at radius 2 is 1.76 bits per heavy atom. The van der Waals surface area contributed by atoms with Crippen LogP contribution in [0.4, 0.5) is 5.82 Å². The average molecular weight is 681 g/mol. The van der Waals surface area contributed by atoms with Crippen LogP contribution in [0.5, 0.6) is 5.75 Å². The zero-order valence-corrected chi connectivity index (χ0v) is 30.9. The molecule has 0 radical (unpaired) electrons. The largest absolute Gasteiger partial charge is 0.490 e. The zero-order chi connectivity index (χ0) is 36.2. The van der Waals surface area contributed by atoms with Crippen LogP contribution in [0.25, 0.3) is 28.0 Å². The number of rotatable bonds is 13. The molecule has 0 N–H and O–H groups in total. The van der Waals surface area contributed by atoms with Gasteiger partial charge in [-0.1, -0.05) is 42.0 Å². The highest BCUT2D eigenvalue weighted by molar-refractivity contribution is 5.81. The maximum Gasteiger partial charge on any atom is 0.339 e. The number of esters is 1. The Hall–Kier alpha value is -4.47. The predicted molar refractivity (Wildman–Crippen MR) is 200 cm³/mol. The second-order valence-corrected chi connectivity index (χ2v) is 14.4. The Morgan fingerprint density at radius 1 is 1.04 bits per heavy atom. The van der Waals surface area contributed by atoms with Crippen LogP contribution < -0.4 is 9.64 Å². The molecule has 50 heavy (non-hydrogen) atoms. The number of hydrogen-bond acceptors (Lipinski definition) is 8. The van der Waals surface area contributed by atoms with Crippen molar-refractivity contribution in [1.82, 2.24) is 14.6 Å². The van der Waals surface area contributed by atoms with Gasteiger partial charge >= 0.3 is 5.97 Å². The second-order valence-electron chi connectivity index (χ2n) is 14.4. The number of nitrogens with zero attached hydrogens (tertiary/aromatic N) is 4. The summed E-state index contributed by atoms with van der Waals surface area (Å²) in [4.78, 5) is 20.7. The van der Waals surface area contributed by atoms with E-state index in [1.807, 2.05) is 63.4 Å². The molecule has 2 aromatic carbocycles. The van der Waals surface area contributed by atoms with Crippen LogP contribution in [0.3, 0.4) is 0 Å². The first-order valence-electron chi connectivity index (χ1n) is 17.4. The lowest BCUT2D eigenvalue weighted by Gasteiger charge is -2.41. The van der Waals surface area contributed by atoms with E-state index in [4.69, 9.17) is 29.0 Å². The van der Waals surface area contributed by atoms with Gasteiger partial charge in [0, 0.05) is 42.4 Å². The fourth-order valence-electron chi connectivity index (χ4n) is 6.47. The molecule has 2 atom stereocenters. The van der Waals surface area contributed by atoms with Gasteiger partial charge in [-0.05, 0) is 85.1 Å². The average Bonchev–Trinajstić information content (AvgIpc) is 3.50. The predicted octanol–water partition coefficient (Wildman–Crippen LogP) is 8.61. The van der Waals surface area contributed by atoms with Crippen molar-refractivity contribution in [2.45, 2.75) is 91.1 Å². The minimum atomic E-state index is -1.00. The molecule has 5 rings (SSSR count). The molecule has 1 fully saturated rings. The van der Waals surface area contributed by atoms with Gasteiger partial charge in [-0.2, -0.15) is 9.61 Å². The van der Waals surface area contributed by atoms with Gasteiger partial charge in [-0.25, -0.2) is 9.78 Å². The molecule has 0 bridgehead atoms. The Labute approximate surface area is 296 Å². The smallest absolute Gasteiger partial charge is 0.339 e. The molecule has 1 aliphatic heterocycles. The van der Waals surface area contributed by atoms with Crippen LogP contribution >= 0.6 is 0 Å². The molecule has 4 aromatic rings. The molecule has 0 saturated carbocycles. The highest BCUT2D eigenvalue weighted by atomic mass is 16.6. The lowest BCUT2D eigenvalue weighted by Crippen LogP contribution is -2.45. The minimum absolute atomic E-state index is 0.00482. The molecule has 1 saturated heterocycles. The summed E-state index contributed by atoms with van der Waals surface area (Å²) in [6.45, 7) is 23.5. The number of fused-ring (bicyclic) bond motifs is 1. The molecule has 2 aromatic heterocycles. The topological polar surface area (TPSA) is 87.4 Å². The second kappa shape index (κ2) is 15.2. The van der Waals surface area contributed by atoms with Crippen molar-refractivity contribution in [2.75, 3.05) is 31.7 Å². The van der Waals surface area contributed by atoms with Gasteiger partial charge in [0.05, 0.1) is 42.3 Å². The highest BCUT2D eigenvalue weighted by Crippen LogP contribution is 2.39. The highest BCUT2D eigenvalue weighted by Gasteiger charge is 2.38. The van der Waals surface area contributed by atoms with E-state index < -0.39 is 17.7 Å². The molecular weight excluding hydrogens is 628 g/mol. The molecule has 1 aliphatic rings. The molecule has 0 aliphatic carbocycles. The Morgan fingerprint density at radius 3 is 2.42 bits per heavy atom. The van der Waals surface area contributed by atoms with E-state index in [9.17, 15) is 4.79 Å². The van der Waals surface area contributed by atoms with E-state index in [0.29, 0.717) is 36.6 Å². The van der Waals surface area contributed by atoms with Crippen molar-refractivity contribution in [1.29, 1.82) is 0 Å². The summed E-state index contributed by atoms with van der Waals surface area (Å²) < 4.78 is 26.1. The number of carbonyl (C=O) groups is 1. The fraction of sp³-hybridized carbons (Fsp3) is 0.439. The van der Waals surface area contributed by atoms with Crippen LogP contribution in [0.2, 0.25) is 0 Å². The number of ether oxygens (including phenoxy) is 4. The van der Waals surface area contributed by atoms with Gasteiger partial charge < -0.3 is 23.8 Å². The monoisotopic (exact) mass is 680 g/mol. The van der Waals surface area contributed by atoms with Gasteiger partial charge in [-0.15, -0.1) is 13.2 Å². The zero-order valence-electron chi connectivity index (χ0n) is 30.9. The first-order chi connectivity index (χ1) is 23.8. The van der Waals surface area contributed by atoms with Crippen molar-refractivity contribution in [3.63, 3.8) is 0 Å². The summed E-state index contributed by atoms with van der Waals surface area (Å²) in [5.74, 6) is 1.11. The third kappa shape index (κ3) is 8.28. The van der Waals surface area contributed by atoms with Crippen molar-refractivity contribution in [3.8, 4) is 28.1 Å². The number of anilines is 1. The summed E-state index contributed by atoms with van der Waals surface area (Å²) in [6.07, 6.45) is 4.97. The van der Waals surface area contributed by atoms with E-state index in [2.05, 4.69) is 62.2 Å². The van der Waals surface area contributed by atoms with Gasteiger partial charge in [0.15, 0.2) is 11.8 Å². The van der Waals surface area contributed by atoms with Crippen molar-refractivity contribution < 1.29 is 23.7 Å². The minimum Gasteiger partial charge on any atom is -0.490 e. The molecule has 0 amide bonds. The lowest BCUT2D eigenvalue weighted by atomic mass is 9.92. The number of aryl methyl sites for hydroxylation is 2. The van der Waals surface area contributed by atoms with Crippen LogP contribution in [0.1, 0.15) is 76.8 Å². The molecule has 9 nitrogen and oxygen atoms in total. The Bertz CT molecular complexity index is 1850. The first kappa shape index (κ1) is 36.8. The van der Waals surface area contributed by atoms with E-state index in [0.717, 1.165) is 58.8 Å². The normalized spacial score (nSPS) is 15.8. The van der Waals surface area contributed by atoms with E-state index in [1.54, 1.807) is 6.08 Å². The molecule has 9 heteroatoms. The van der Waals surface area contributed by atoms with Gasteiger partial charge in [-0.3, -0.25) is 0 Å². The number of benzene rings is 2. The number of carbonyl (C=O) groups excluding carboxylic acids is 1. The number of methoxy groups -OCH3 is 1. The van der Waals surface area contributed by atoms with Gasteiger partial charge in [0.25, 0.3) is 0 Å². The summed E-state index contributed by atoms with van der Waals surface area (Å²) in [5, 5.41) is 5.18. The maximum absolute atomic E-state index is 13.4. The van der Waals surface area contributed by atoms with E-state index in [-0.39, 0.29) is 11.7 Å². The fourth-order valence-corrected chi connectivity index (χ4v) is 6.47. The van der Waals surface area contributed by atoms with Crippen LogP contribution in [-0.4, -0.2) is 64.7 Å². The van der Waals surface area contributed by atoms with E-state index in [1.165, 1.54) is 7.11 Å². The van der Waals surface area contributed by atoms with Crippen molar-refractivity contribution in [2.24, 2.45) is 0 Å². The third-order valence-electron chi connectivity index (χ3n) is 9.05. The van der Waals surface area contributed by atoms with Crippen molar-refractivity contribution in [3.05, 3.63) is 90.7 Å². The molecule has 0 unspecified atom stereocenters. The first-order valence-corrected chi connectivity index (χ1v) is 17.4. The number of aromatic nitrogens is 3. The standard InChI is InChI=1S/C41H52N4O5/c1-11-14-28(4)49-34-18-17-27(3)24-32(34)30-15-13-16-31(25-30)33-26-35-42-29(5)36(37(39(46)47-10)50-40(6,7)8)38(45(35)43-33)44-21-19-41(9,20-22-44)48-23-12-2/h11-13,15-18,24-26,28,37H,1-2,14,19-23H2,3-10H3/t28-,37-/m0/s1. The molecular formula is C41H52N4O5. The van der Waals surface area contributed by atoms with Crippen LogP contribution in [0.15, 0.2) is 73.8 Å². The number of hydrogen-bond donors (Lipinski definition) is 0. The van der Waals surface area contributed by atoms with Crippen LogP contribution in [-0.2, 0) is 19.0 Å². The Balaban J connectivity index is 1.64. The quantitative estimate of drug-likeness (QED) is 0.103. The summed E-state index contributed by atoms with van der Waals surface area (Å²) in [5.41, 5.74) is 5.96. The maximum atomic E-state index is 13.4. The van der Waals surface area contributed by atoms with E-state index >= 15 is 0 Å². The third-order valence-corrected chi connectivity index (χ3v) is 9.05. The summed E-state index contributed by atoms with van der Waals surface area (Å²) in [7, 11) is 1.38.